The van der Waals surface area contributed by atoms with Gasteiger partial charge in [0.25, 0.3) is 0 Å². The Labute approximate surface area is 259 Å². The SMILES string of the molecule is COc1ccc(Oc2cc(C)c(C(=O)CBr)c(F)c2)cc1.COc1ccc(Oc2cc(C)c(C(=O)CBr)c(F)c2)cc1. The predicted octanol–water partition coefficient (Wildman–Crippen LogP) is 9.03. The van der Waals surface area contributed by atoms with Gasteiger partial charge in [0.05, 0.1) is 36.0 Å². The van der Waals surface area contributed by atoms with Gasteiger partial charge in [0, 0.05) is 12.1 Å². The van der Waals surface area contributed by atoms with E-state index in [0.717, 1.165) is 0 Å². The molecular weight excluding hydrogens is 678 g/mol. The van der Waals surface area contributed by atoms with Crippen LogP contribution in [0.2, 0.25) is 0 Å². The third-order valence-corrected chi connectivity index (χ3v) is 6.93. The molecule has 0 atom stereocenters. The topological polar surface area (TPSA) is 71.1 Å². The number of hydrogen-bond donors (Lipinski definition) is 0. The van der Waals surface area contributed by atoms with E-state index in [1.807, 2.05) is 0 Å². The monoisotopic (exact) mass is 704 g/mol. The van der Waals surface area contributed by atoms with Crippen LogP contribution >= 0.6 is 31.9 Å². The number of ether oxygens (including phenoxy) is 4. The lowest BCUT2D eigenvalue weighted by molar-refractivity contribution is 0.101. The van der Waals surface area contributed by atoms with Gasteiger partial charge in [-0.15, -0.1) is 0 Å². The fourth-order valence-electron chi connectivity index (χ4n) is 3.94. The molecule has 4 aromatic carbocycles. The zero-order valence-corrected chi connectivity index (χ0v) is 26.5. The van der Waals surface area contributed by atoms with Gasteiger partial charge in [-0.25, -0.2) is 8.78 Å². The van der Waals surface area contributed by atoms with Gasteiger partial charge in [-0.2, -0.15) is 0 Å². The molecule has 220 valence electrons. The molecular formula is C32H28Br2F2O6. The van der Waals surface area contributed by atoms with Gasteiger partial charge in [0.15, 0.2) is 11.6 Å². The van der Waals surface area contributed by atoms with Crippen LogP contribution in [-0.4, -0.2) is 36.4 Å². The maximum absolute atomic E-state index is 14.0. The highest BCUT2D eigenvalue weighted by molar-refractivity contribution is 9.09. The van der Waals surface area contributed by atoms with Crippen LogP contribution in [0.25, 0.3) is 0 Å². The van der Waals surface area contributed by atoms with Crippen molar-refractivity contribution in [2.24, 2.45) is 0 Å². The first-order valence-electron chi connectivity index (χ1n) is 12.5. The molecule has 0 aliphatic carbocycles. The van der Waals surface area contributed by atoms with Crippen LogP contribution < -0.4 is 18.9 Å². The van der Waals surface area contributed by atoms with E-state index in [1.54, 1.807) is 88.7 Å². The Bertz CT molecular complexity index is 1380. The quantitative estimate of drug-likeness (QED) is 0.121. The molecule has 0 saturated carbocycles. The van der Waals surface area contributed by atoms with E-state index in [9.17, 15) is 18.4 Å². The summed E-state index contributed by atoms with van der Waals surface area (Å²) >= 11 is 6.09. The summed E-state index contributed by atoms with van der Waals surface area (Å²) in [6, 6.07) is 19.6. The van der Waals surface area contributed by atoms with Crippen molar-refractivity contribution in [2.75, 3.05) is 24.9 Å². The molecule has 4 rings (SSSR count). The molecule has 0 heterocycles. The normalized spacial score (nSPS) is 10.3. The van der Waals surface area contributed by atoms with Crippen molar-refractivity contribution >= 4 is 43.4 Å². The summed E-state index contributed by atoms with van der Waals surface area (Å²) < 4.78 is 49.3. The molecule has 0 aliphatic rings. The van der Waals surface area contributed by atoms with Crippen molar-refractivity contribution in [3.63, 3.8) is 0 Å². The Kier molecular flexibility index (Phi) is 12.1. The van der Waals surface area contributed by atoms with Gasteiger partial charge in [0.2, 0.25) is 0 Å². The molecule has 6 nitrogen and oxygen atoms in total. The van der Waals surface area contributed by atoms with E-state index >= 15 is 0 Å². The predicted molar refractivity (Wildman–Crippen MR) is 165 cm³/mol. The fourth-order valence-corrected chi connectivity index (χ4v) is 4.50. The second-order valence-electron chi connectivity index (χ2n) is 8.86. The molecule has 0 unspecified atom stereocenters. The molecule has 0 radical (unpaired) electrons. The maximum atomic E-state index is 14.0. The number of hydrogen-bond acceptors (Lipinski definition) is 6. The van der Waals surface area contributed by atoms with Gasteiger partial charge in [0.1, 0.15) is 46.1 Å². The number of alkyl halides is 2. The number of carbonyl (C=O) groups excluding carboxylic acids is 2. The van der Waals surface area contributed by atoms with E-state index in [0.29, 0.717) is 45.6 Å². The third kappa shape index (κ3) is 8.62. The van der Waals surface area contributed by atoms with Crippen molar-refractivity contribution in [3.8, 4) is 34.5 Å². The van der Waals surface area contributed by atoms with E-state index in [-0.39, 0.29) is 33.4 Å². The number of carbonyl (C=O) groups is 2. The minimum atomic E-state index is -0.581. The number of Topliss-reactive ketones (excluding diaryl/α,β-unsaturated/α-hetero) is 2. The molecule has 4 aromatic rings. The van der Waals surface area contributed by atoms with Crippen molar-refractivity contribution in [3.05, 3.63) is 107 Å². The van der Waals surface area contributed by atoms with E-state index in [1.165, 1.54) is 12.1 Å². The summed E-state index contributed by atoms with van der Waals surface area (Å²) in [6.45, 7) is 3.36. The van der Waals surface area contributed by atoms with E-state index in [2.05, 4.69) is 31.9 Å². The molecule has 0 aromatic heterocycles. The maximum Gasteiger partial charge on any atom is 0.176 e. The number of ketones is 2. The number of benzene rings is 4. The molecule has 0 aliphatic heterocycles. The molecule has 0 spiro atoms. The van der Waals surface area contributed by atoms with Gasteiger partial charge < -0.3 is 18.9 Å². The largest absolute Gasteiger partial charge is 0.497 e. The van der Waals surface area contributed by atoms with Crippen molar-refractivity contribution in [2.45, 2.75) is 13.8 Å². The van der Waals surface area contributed by atoms with Gasteiger partial charge in [-0.05, 0) is 85.6 Å². The second-order valence-corrected chi connectivity index (χ2v) is 9.98. The van der Waals surface area contributed by atoms with E-state index in [4.69, 9.17) is 18.9 Å². The number of aryl methyl sites for hydroxylation is 2. The summed E-state index contributed by atoms with van der Waals surface area (Å²) in [5.41, 5.74) is 1.27. The van der Waals surface area contributed by atoms with Crippen LogP contribution in [0.3, 0.4) is 0 Å². The van der Waals surface area contributed by atoms with E-state index < -0.39 is 11.6 Å². The second kappa shape index (κ2) is 15.5. The first-order valence-corrected chi connectivity index (χ1v) is 14.8. The first kappa shape index (κ1) is 32.8. The van der Waals surface area contributed by atoms with Crippen LogP contribution in [-0.2, 0) is 0 Å². The molecule has 0 saturated heterocycles. The third-order valence-electron chi connectivity index (χ3n) is 5.91. The lowest BCUT2D eigenvalue weighted by Gasteiger charge is -2.10. The highest BCUT2D eigenvalue weighted by atomic mass is 79.9. The standard InChI is InChI=1S/2C16H14BrFO3/c2*1-10-7-13(8-14(18)16(10)15(19)9-17)21-12-5-3-11(20-2)4-6-12/h2*3-8H,9H2,1-2H3. The molecule has 0 fully saturated rings. The first-order chi connectivity index (χ1) is 20.1. The van der Waals surface area contributed by atoms with Crippen LogP contribution in [0.5, 0.6) is 34.5 Å². The minimum Gasteiger partial charge on any atom is -0.497 e. The smallest absolute Gasteiger partial charge is 0.176 e. The fraction of sp³-hybridized carbons (Fsp3) is 0.188. The van der Waals surface area contributed by atoms with Crippen molar-refractivity contribution in [1.82, 2.24) is 0 Å². The summed E-state index contributed by atoms with van der Waals surface area (Å²) in [6.07, 6.45) is 0. The Balaban J connectivity index is 0.000000230. The van der Waals surface area contributed by atoms with Gasteiger partial charge >= 0.3 is 0 Å². The summed E-state index contributed by atoms with van der Waals surface area (Å²) in [5, 5.41) is 0.173. The van der Waals surface area contributed by atoms with Crippen LogP contribution in [0, 0.1) is 25.5 Å². The molecule has 0 amide bonds. The minimum absolute atomic E-state index is 0.0867. The molecule has 0 bridgehead atoms. The van der Waals surface area contributed by atoms with Crippen molar-refractivity contribution in [1.29, 1.82) is 0 Å². The molecule has 10 heteroatoms. The zero-order valence-electron chi connectivity index (χ0n) is 23.3. The van der Waals surface area contributed by atoms with Crippen LogP contribution in [0.15, 0.2) is 72.8 Å². The van der Waals surface area contributed by atoms with Crippen LogP contribution in [0.1, 0.15) is 31.8 Å². The Morgan fingerprint density at radius 1 is 0.571 bits per heavy atom. The van der Waals surface area contributed by atoms with Gasteiger partial charge in [-0.3, -0.25) is 9.59 Å². The number of methoxy groups -OCH3 is 2. The zero-order chi connectivity index (χ0) is 30.8. The Morgan fingerprint density at radius 3 is 1.14 bits per heavy atom. The molecule has 0 N–H and O–H groups in total. The average Bonchev–Trinajstić information content (AvgIpc) is 2.97. The Hall–Kier alpha value is -3.76. The highest BCUT2D eigenvalue weighted by Gasteiger charge is 2.17. The van der Waals surface area contributed by atoms with Gasteiger partial charge in [-0.1, -0.05) is 31.9 Å². The van der Waals surface area contributed by atoms with Crippen molar-refractivity contribution < 1.29 is 37.3 Å². The summed E-state index contributed by atoms with van der Waals surface area (Å²) in [7, 11) is 3.16. The summed E-state index contributed by atoms with van der Waals surface area (Å²) in [5.74, 6) is 1.50. The summed E-state index contributed by atoms with van der Waals surface area (Å²) in [4.78, 5) is 23.3. The lowest BCUT2D eigenvalue weighted by Crippen LogP contribution is -2.06. The Morgan fingerprint density at radius 2 is 0.881 bits per heavy atom. The highest BCUT2D eigenvalue weighted by Crippen LogP contribution is 2.29. The average molecular weight is 706 g/mol. The molecule has 42 heavy (non-hydrogen) atoms. The van der Waals surface area contributed by atoms with Crippen LogP contribution in [0.4, 0.5) is 8.78 Å². The lowest BCUT2D eigenvalue weighted by atomic mass is 10.0. The number of halogens is 4. The number of rotatable bonds is 10.